The van der Waals surface area contributed by atoms with E-state index in [4.69, 9.17) is 4.74 Å². The molecule has 37 heavy (non-hydrogen) atoms. The molecule has 1 aromatic rings. The largest absolute Gasteiger partial charge is 0.573 e. The van der Waals surface area contributed by atoms with Gasteiger partial charge < -0.3 is 28.5 Å². The van der Waals surface area contributed by atoms with Crippen LogP contribution < -0.4 is 9.47 Å². The van der Waals surface area contributed by atoms with Gasteiger partial charge in [-0.2, -0.15) is 13.2 Å². The summed E-state index contributed by atoms with van der Waals surface area (Å²) in [6.45, 7) is 2.93. The van der Waals surface area contributed by atoms with Crippen LogP contribution in [-0.4, -0.2) is 54.9 Å². The molecule has 0 N–H and O–H groups in total. The number of fused-ring (bicyclic) bond motifs is 1. The number of alkyl halides is 6. The van der Waals surface area contributed by atoms with Crippen LogP contribution in [-0.2, 0) is 30.3 Å². The average Bonchev–Trinajstić information content (AvgIpc) is 2.74. The Morgan fingerprint density at radius 1 is 1.11 bits per heavy atom. The third kappa shape index (κ3) is 8.60. The number of esters is 1. The predicted molar refractivity (Wildman–Crippen MR) is 106 cm³/mol. The summed E-state index contributed by atoms with van der Waals surface area (Å²) in [6.07, 6.45) is -17.0. The average molecular weight is 547 g/mol. The number of aryl methyl sites for hydroxylation is 1. The van der Waals surface area contributed by atoms with Gasteiger partial charge in [0, 0.05) is 12.5 Å². The lowest BCUT2D eigenvalue weighted by atomic mass is 9.97. The number of carbonyl (C=O) groups is 2. The first-order valence-corrected chi connectivity index (χ1v) is 10.2. The van der Waals surface area contributed by atoms with Crippen molar-refractivity contribution in [3.8, 4) is 11.5 Å². The molecule has 2 rings (SSSR count). The summed E-state index contributed by atoms with van der Waals surface area (Å²) in [7, 11) is 0. The quantitative estimate of drug-likeness (QED) is 0.143. The fraction of sp³-hybridized carbons (Fsp3) is 0.500. The summed E-state index contributed by atoms with van der Waals surface area (Å²) in [5.74, 6) is -2.83. The second-order valence-corrected chi connectivity index (χ2v) is 7.33. The van der Waals surface area contributed by atoms with Crippen molar-refractivity contribution in [1.29, 1.82) is 0 Å². The molecular formula is C20H19F6NO10. The molecule has 1 aromatic carbocycles. The van der Waals surface area contributed by atoms with Crippen molar-refractivity contribution in [3.63, 3.8) is 0 Å². The zero-order chi connectivity index (χ0) is 28.1. The molecule has 0 bridgehead atoms. The van der Waals surface area contributed by atoms with Gasteiger partial charge in [0.25, 0.3) is 5.09 Å². The first-order chi connectivity index (χ1) is 17.0. The molecule has 0 spiro atoms. The van der Waals surface area contributed by atoms with Gasteiger partial charge in [0.2, 0.25) is 12.4 Å². The van der Waals surface area contributed by atoms with Crippen LogP contribution in [0.4, 0.5) is 31.1 Å². The maximum Gasteiger partial charge on any atom is 0.573 e. The maximum absolute atomic E-state index is 13.7. The molecule has 17 heteroatoms. The monoisotopic (exact) mass is 547 g/mol. The van der Waals surface area contributed by atoms with E-state index in [1.165, 1.54) is 13.8 Å². The third-order valence-electron chi connectivity index (χ3n) is 4.39. The van der Waals surface area contributed by atoms with E-state index in [1.807, 2.05) is 0 Å². The number of hydrogen-bond donors (Lipinski definition) is 0. The van der Waals surface area contributed by atoms with Crippen molar-refractivity contribution < 1.29 is 69.5 Å². The van der Waals surface area contributed by atoms with Crippen LogP contribution in [0.25, 0.3) is 6.08 Å². The minimum atomic E-state index is -5.15. The van der Waals surface area contributed by atoms with E-state index in [0.717, 1.165) is 19.1 Å². The van der Waals surface area contributed by atoms with Crippen LogP contribution in [0.1, 0.15) is 31.9 Å². The normalized spacial score (nSPS) is 16.8. The molecule has 3 atom stereocenters. The summed E-state index contributed by atoms with van der Waals surface area (Å²) < 4.78 is 102. The summed E-state index contributed by atoms with van der Waals surface area (Å²) in [6, 6.07) is 1.59. The van der Waals surface area contributed by atoms with E-state index in [2.05, 4.69) is 23.8 Å². The highest BCUT2D eigenvalue weighted by Crippen LogP contribution is 2.42. The highest BCUT2D eigenvalue weighted by atomic mass is 19.4. The summed E-state index contributed by atoms with van der Waals surface area (Å²) in [5.41, 5.74) is -1.52. The molecule has 0 amide bonds. The van der Waals surface area contributed by atoms with Gasteiger partial charge >= 0.3 is 24.7 Å². The van der Waals surface area contributed by atoms with E-state index in [0.29, 0.717) is 6.08 Å². The van der Waals surface area contributed by atoms with Gasteiger partial charge in [0.15, 0.2) is 0 Å². The molecule has 0 radical (unpaired) electrons. The van der Waals surface area contributed by atoms with E-state index < -0.39 is 71.9 Å². The minimum absolute atomic E-state index is 0.0340. The molecule has 11 nitrogen and oxygen atoms in total. The number of rotatable bonds is 9. The van der Waals surface area contributed by atoms with Crippen LogP contribution in [0.15, 0.2) is 17.7 Å². The van der Waals surface area contributed by atoms with Gasteiger partial charge in [-0.15, -0.1) is 23.3 Å². The van der Waals surface area contributed by atoms with E-state index in [-0.39, 0.29) is 17.5 Å². The zero-order valence-electron chi connectivity index (χ0n) is 19.2. The molecule has 0 fully saturated rings. The summed E-state index contributed by atoms with van der Waals surface area (Å²) in [5, 5.41) is 8.98. The van der Waals surface area contributed by atoms with E-state index in [9.17, 15) is 46.0 Å². The lowest BCUT2D eigenvalue weighted by Crippen LogP contribution is -2.41. The molecule has 0 saturated carbocycles. The van der Waals surface area contributed by atoms with Crippen molar-refractivity contribution >= 4 is 18.2 Å². The van der Waals surface area contributed by atoms with Crippen molar-refractivity contribution in [2.75, 3.05) is 6.61 Å². The minimum Gasteiger partial charge on any atom is -0.475 e. The first kappa shape index (κ1) is 29.3. The van der Waals surface area contributed by atoms with E-state index >= 15 is 0 Å². The van der Waals surface area contributed by atoms with Crippen LogP contribution in [0, 0.1) is 10.1 Å². The lowest BCUT2D eigenvalue weighted by Gasteiger charge is -2.30. The van der Waals surface area contributed by atoms with Crippen molar-refractivity contribution in [1.82, 2.24) is 0 Å². The van der Waals surface area contributed by atoms with Crippen molar-refractivity contribution in [3.05, 3.63) is 38.9 Å². The Kier molecular flexibility index (Phi) is 9.05. The van der Waals surface area contributed by atoms with Crippen LogP contribution in [0.2, 0.25) is 0 Å². The van der Waals surface area contributed by atoms with Gasteiger partial charge in [-0.3, -0.25) is 0 Å². The zero-order valence-corrected chi connectivity index (χ0v) is 19.2. The van der Waals surface area contributed by atoms with Crippen molar-refractivity contribution in [2.24, 2.45) is 0 Å². The van der Waals surface area contributed by atoms with Crippen LogP contribution >= 0.6 is 0 Å². The summed E-state index contributed by atoms with van der Waals surface area (Å²) in [4.78, 5) is 38.3. The Labute approximate surface area is 203 Å². The maximum atomic E-state index is 13.7. The standard InChI is InChI=1S/C20H19F6NO10/c1-4-11-5-13(37-20(24,25)26)6-12-7-14(16(19(21,22)23)36-15(11)12)17(28)34-10(3)35-18(29)33-9(2)8-32-27(30)31/h5-7,9-10,16H,4,8H2,1-3H3/t9-,10?,16?/m0/s1. The Bertz CT molecular complexity index is 1060. The number of nitrogens with zero attached hydrogens (tertiary/aromatic N) is 1. The lowest BCUT2D eigenvalue weighted by molar-refractivity contribution is -0.759. The molecule has 0 aliphatic carbocycles. The molecule has 2 unspecified atom stereocenters. The highest BCUT2D eigenvalue weighted by molar-refractivity contribution is 5.96. The number of carbonyl (C=O) groups excluding carboxylic acids is 2. The smallest absolute Gasteiger partial charge is 0.475 e. The van der Waals surface area contributed by atoms with Gasteiger partial charge in [0.05, 0.1) is 5.57 Å². The number of benzene rings is 1. The fourth-order valence-corrected chi connectivity index (χ4v) is 2.99. The SMILES string of the molecule is CCc1cc(OC(F)(F)F)cc2c1OC(C(F)(F)F)C(C(=O)OC(C)OC(=O)O[C@@H](C)CO[N+](=O)[O-])=C2. The highest BCUT2D eigenvalue weighted by Gasteiger charge is 2.49. The topological polar surface area (TPSA) is 133 Å². The Balaban J connectivity index is 2.25. The molecule has 1 aliphatic heterocycles. The summed E-state index contributed by atoms with van der Waals surface area (Å²) >= 11 is 0. The van der Waals surface area contributed by atoms with Crippen LogP contribution in [0.5, 0.6) is 11.5 Å². The fourth-order valence-electron chi connectivity index (χ4n) is 2.99. The number of ether oxygens (including phenoxy) is 5. The number of hydrogen-bond acceptors (Lipinski definition) is 10. The Morgan fingerprint density at radius 2 is 1.76 bits per heavy atom. The van der Waals surface area contributed by atoms with Gasteiger partial charge in [-0.05, 0) is 37.1 Å². The second kappa shape index (κ2) is 11.4. The molecular weight excluding hydrogens is 528 g/mol. The third-order valence-corrected chi connectivity index (χ3v) is 4.39. The van der Waals surface area contributed by atoms with Crippen molar-refractivity contribution in [2.45, 2.75) is 58.2 Å². The van der Waals surface area contributed by atoms with Gasteiger partial charge in [0.1, 0.15) is 24.2 Å². The van der Waals surface area contributed by atoms with Gasteiger partial charge in [-0.25, -0.2) is 9.59 Å². The van der Waals surface area contributed by atoms with Gasteiger partial charge in [-0.1, -0.05) is 6.92 Å². The molecule has 1 heterocycles. The molecule has 0 aromatic heterocycles. The Morgan fingerprint density at radius 3 is 2.30 bits per heavy atom. The van der Waals surface area contributed by atoms with Crippen LogP contribution in [0.3, 0.4) is 0 Å². The number of halogens is 6. The first-order valence-electron chi connectivity index (χ1n) is 10.2. The predicted octanol–water partition coefficient (Wildman–Crippen LogP) is 4.49. The Hall–Kier alpha value is -3.92. The second-order valence-electron chi connectivity index (χ2n) is 7.33. The molecule has 206 valence electrons. The molecule has 1 aliphatic rings. The molecule has 0 saturated heterocycles. The van der Waals surface area contributed by atoms with E-state index in [1.54, 1.807) is 0 Å².